The smallest absolute Gasteiger partial charge is 0.179 e. The van der Waals surface area contributed by atoms with E-state index in [1.807, 2.05) is 45.0 Å². The van der Waals surface area contributed by atoms with E-state index in [9.17, 15) is 8.42 Å². The molecule has 0 amide bonds. The topological polar surface area (TPSA) is 59.1 Å². The van der Waals surface area contributed by atoms with Gasteiger partial charge in [-0.1, -0.05) is 17.7 Å². The van der Waals surface area contributed by atoms with Crippen molar-refractivity contribution >= 4 is 9.84 Å². The van der Waals surface area contributed by atoms with E-state index in [0.29, 0.717) is 4.90 Å². The van der Waals surface area contributed by atoms with Crippen LogP contribution in [0.2, 0.25) is 0 Å². The van der Waals surface area contributed by atoms with Gasteiger partial charge in [-0.3, -0.25) is 4.98 Å². The summed E-state index contributed by atoms with van der Waals surface area (Å²) >= 11 is 0. The second-order valence-electron chi connectivity index (χ2n) is 5.66. The Kier molecular flexibility index (Phi) is 5.32. The van der Waals surface area contributed by atoms with Crippen molar-refractivity contribution in [3.8, 4) is 0 Å². The monoisotopic (exact) mass is 318 g/mol. The highest BCUT2D eigenvalue weighted by Crippen LogP contribution is 2.15. The molecular formula is C17H22N2O2S. The maximum absolute atomic E-state index is 12.4. The van der Waals surface area contributed by atoms with Gasteiger partial charge in [0.2, 0.25) is 0 Å². The van der Waals surface area contributed by atoms with Gasteiger partial charge in [0, 0.05) is 24.5 Å². The van der Waals surface area contributed by atoms with Gasteiger partial charge in [-0.25, -0.2) is 8.42 Å². The Hall–Kier alpha value is -1.72. The van der Waals surface area contributed by atoms with E-state index in [1.54, 1.807) is 24.5 Å². The first-order chi connectivity index (χ1) is 10.4. The highest BCUT2D eigenvalue weighted by Gasteiger charge is 2.19. The van der Waals surface area contributed by atoms with Crippen LogP contribution < -0.4 is 5.32 Å². The molecule has 0 spiro atoms. The molecule has 0 aliphatic rings. The van der Waals surface area contributed by atoms with E-state index in [0.717, 1.165) is 11.1 Å². The molecule has 4 nitrogen and oxygen atoms in total. The third kappa shape index (κ3) is 4.39. The highest BCUT2D eigenvalue weighted by atomic mass is 32.2. The Labute approximate surface area is 132 Å². The molecule has 1 aromatic carbocycles. The van der Waals surface area contributed by atoms with Gasteiger partial charge in [0.05, 0.1) is 10.6 Å². The Morgan fingerprint density at radius 1 is 1.05 bits per heavy atom. The fourth-order valence-corrected chi connectivity index (χ4v) is 3.89. The summed E-state index contributed by atoms with van der Waals surface area (Å²) in [7, 11) is -3.28. The first-order valence-electron chi connectivity index (χ1n) is 7.34. The van der Waals surface area contributed by atoms with Crippen LogP contribution in [-0.4, -0.2) is 25.2 Å². The third-order valence-electron chi connectivity index (χ3n) is 3.59. The molecule has 2 rings (SSSR count). The van der Waals surface area contributed by atoms with Gasteiger partial charge in [0.15, 0.2) is 9.84 Å². The van der Waals surface area contributed by atoms with Crippen LogP contribution in [0.5, 0.6) is 0 Å². The second kappa shape index (κ2) is 7.03. The van der Waals surface area contributed by atoms with Crippen LogP contribution in [0.1, 0.15) is 31.0 Å². The van der Waals surface area contributed by atoms with E-state index in [2.05, 4.69) is 10.3 Å². The molecule has 5 heteroatoms. The average molecular weight is 318 g/mol. The van der Waals surface area contributed by atoms with Crippen molar-refractivity contribution in [1.29, 1.82) is 0 Å². The number of benzene rings is 1. The molecule has 1 aromatic heterocycles. The first kappa shape index (κ1) is 16.6. The van der Waals surface area contributed by atoms with E-state index in [-0.39, 0.29) is 17.8 Å². The predicted molar refractivity (Wildman–Crippen MR) is 88.5 cm³/mol. The van der Waals surface area contributed by atoms with Crippen LogP contribution in [0.4, 0.5) is 0 Å². The third-order valence-corrected chi connectivity index (χ3v) is 5.52. The number of nitrogens with zero attached hydrogens (tertiary/aromatic N) is 1. The van der Waals surface area contributed by atoms with Gasteiger partial charge in [-0.15, -0.1) is 0 Å². The number of hydrogen-bond acceptors (Lipinski definition) is 4. The minimum absolute atomic E-state index is 0.0749. The zero-order valence-electron chi connectivity index (χ0n) is 13.2. The quantitative estimate of drug-likeness (QED) is 0.889. The number of hydrogen-bond donors (Lipinski definition) is 1. The number of pyridine rings is 1. The lowest BCUT2D eigenvalue weighted by atomic mass is 10.1. The molecule has 2 atom stereocenters. The number of rotatable bonds is 6. The molecule has 0 saturated heterocycles. The van der Waals surface area contributed by atoms with Gasteiger partial charge in [-0.05, 0) is 50.6 Å². The van der Waals surface area contributed by atoms with Crippen LogP contribution >= 0.6 is 0 Å². The summed E-state index contributed by atoms with van der Waals surface area (Å²) < 4.78 is 24.8. The summed E-state index contributed by atoms with van der Waals surface area (Å²) in [6.07, 6.45) is 3.47. The van der Waals surface area contributed by atoms with Crippen molar-refractivity contribution in [3.05, 3.63) is 59.9 Å². The summed E-state index contributed by atoms with van der Waals surface area (Å²) in [5.74, 6) is 0.0749. The summed E-state index contributed by atoms with van der Waals surface area (Å²) in [6, 6.07) is 10.8. The predicted octanol–water partition coefficient (Wildman–Crippen LogP) is 2.90. The van der Waals surface area contributed by atoms with Gasteiger partial charge in [0.1, 0.15) is 0 Å². The van der Waals surface area contributed by atoms with Crippen molar-refractivity contribution < 1.29 is 8.42 Å². The molecule has 0 fully saturated rings. The van der Waals surface area contributed by atoms with Crippen LogP contribution in [0.15, 0.2) is 53.7 Å². The zero-order valence-corrected chi connectivity index (χ0v) is 14.0. The minimum Gasteiger partial charge on any atom is -0.307 e. The van der Waals surface area contributed by atoms with Gasteiger partial charge in [0.25, 0.3) is 0 Å². The summed E-state index contributed by atoms with van der Waals surface area (Å²) in [4.78, 5) is 4.37. The van der Waals surface area contributed by atoms with E-state index in [4.69, 9.17) is 0 Å². The minimum atomic E-state index is -3.28. The average Bonchev–Trinajstić information content (AvgIpc) is 2.48. The molecule has 1 N–H and O–H groups in total. The largest absolute Gasteiger partial charge is 0.307 e. The van der Waals surface area contributed by atoms with Crippen LogP contribution in [0.25, 0.3) is 0 Å². The van der Waals surface area contributed by atoms with Crippen molar-refractivity contribution in [2.75, 3.05) is 5.75 Å². The van der Waals surface area contributed by atoms with Crippen molar-refractivity contribution in [2.24, 2.45) is 0 Å². The summed E-state index contributed by atoms with van der Waals surface area (Å²) in [5.41, 5.74) is 2.14. The molecule has 0 bridgehead atoms. The SMILES string of the molecule is Cc1ccc(S(=O)(=O)C[C@@H](C)N[C@H](C)c2ccncc2)cc1. The van der Waals surface area contributed by atoms with E-state index in [1.165, 1.54) is 0 Å². The van der Waals surface area contributed by atoms with Crippen LogP contribution in [0, 0.1) is 6.92 Å². The molecule has 0 aliphatic carbocycles. The molecule has 0 aliphatic heterocycles. The molecule has 2 aromatic rings. The van der Waals surface area contributed by atoms with Gasteiger partial charge < -0.3 is 5.32 Å². The number of aryl methyl sites for hydroxylation is 1. The standard InChI is InChI=1S/C17H22N2O2S/c1-13-4-6-17(7-5-13)22(20,21)12-14(2)19-15(3)16-8-10-18-11-9-16/h4-11,14-15,19H,12H2,1-3H3/t14-,15-/m1/s1. The first-order valence-corrected chi connectivity index (χ1v) is 8.99. The normalized spacial score (nSPS) is 14.5. The molecule has 118 valence electrons. The molecule has 0 radical (unpaired) electrons. The van der Waals surface area contributed by atoms with Crippen molar-refractivity contribution in [2.45, 2.75) is 37.8 Å². The molecule has 1 heterocycles. The lowest BCUT2D eigenvalue weighted by molar-refractivity contribution is 0.499. The summed E-state index contributed by atoms with van der Waals surface area (Å²) in [5, 5.41) is 3.33. The highest BCUT2D eigenvalue weighted by molar-refractivity contribution is 7.91. The van der Waals surface area contributed by atoms with Gasteiger partial charge in [-0.2, -0.15) is 0 Å². The maximum Gasteiger partial charge on any atom is 0.179 e. The Balaban J connectivity index is 2.02. The fourth-order valence-electron chi connectivity index (χ4n) is 2.39. The lowest BCUT2D eigenvalue weighted by Gasteiger charge is -2.20. The Morgan fingerprint density at radius 2 is 1.64 bits per heavy atom. The summed E-state index contributed by atoms with van der Waals surface area (Å²) in [6.45, 7) is 5.85. The zero-order chi connectivity index (χ0) is 16.2. The van der Waals surface area contributed by atoms with Crippen LogP contribution in [-0.2, 0) is 9.84 Å². The van der Waals surface area contributed by atoms with E-state index < -0.39 is 9.84 Å². The van der Waals surface area contributed by atoms with Crippen LogP contribution in [0.3, 0.4) is 0 Å². The second-order valence-corrected chi connectivity index (χ2v) is 7.70. The maximum atomic E-state index is 12.4. The Bertz CT molecular complexity index is 697. The molecule has 22 heavy (non-hydrogen) atoms. The van der Waals surface area contributed by atoms with Crippen molar-refractivity contribution in [3.63, 3.8) is 0 Å². The fraction of sp³-hybridized carbons (Fsp3) is 0.353. The lowest BCUT2D eigenvalue weighted by Crippen LogP contribution is -2.34. The number of aromatic nitrogens is 1. The number of nitrogens with one attached hydrogen (secondary N) is 1. The number of sulfone groups is 1. The molecule has 0 unspecified atom stereocenters. The van der Waals surface area contributed by atoms with E-state index >= 15 is 0 Å². The Morgan fingerprint density at radius 3 is 2.23 bits per heavy atom. The molecular weight excluding hydrogens is 296 g/mol. The van der Waals surface area contributed by atoms with Gasteiger partial charge >= 0.3 is 0 Å². The molecule has 0 saturated carbocycles. The van der Waals surface area contributed by atoms with Crippen molar-refractivity contribution in [1.82, 2.24) is 10.3 Å².